The van der Waals surface area contributed by atoms with Crippen molar-refractivity contribution in [2.24, 2.45) is 0 Å². The highest BCUT2D eigenvalue weighted by Crippen LogP contribution is 2.29. The summed E-state index contributed by atoms with van der Waals surface area (Å²) < 4.78 is 5.77. The summed E-state index contributed by atoms with van der Waals surface area (Å²) in [5.74, 6) is -1.24. The number of nitrogens with zero attached hydrogens (tertiary/aromatic N) is 1. The molecule has 0 spiro atoms. The molecule has 0 aliphatic carbocycles. The van der Waals surface area contributed by atoms with E-state index in [4.69, 9.17) is 4.74 Å². The first-order valence-electron chi connectivity index (χ1n) is 6.18. The Kier molecular flexibility index (Phi) is 3.77. The number of benzene rings is 1. The first kappa shape index (κ1) is 14.8. The molecule has 0 saturated carbocycles. The molecule has 108 valence electrons. The van der Waals surface area contributed by atoms with E-state index < -0.39 is 17.7 Å². The predicted octanol–water partition coefficient (Wildman–Crippen LogP) is 2.06. The Bertz CT molecular complexity index is 577. The Hall–Kier alpha value is -1.56. The van der Waals surface area contributed by atoms with Crippen molar-refractivity contribution in [3.63, 3.8) is 0 Å². The number of carboxylic acid groups (broad SMARTS) is 1. The Morgan fingerprint density at radius 3 is 2.30 bits per heavy atom. The molecular weight excluding hydrogens is 326 g/mol. The minimum atomic E-state index is -1.24. The van der Waals surface area contributed by atoms with Crippen LogP contribution in [-0.4, -0.2) is 22.6 Å². The van der Waals surface area contributed by atoms with E-state index in [1.807, 2.05) is 0 Å². The Balaban J connectivity index is 2.19. The van der Waals surface area contributed by atoms with Crippen molar-refractivity contribution in [3.05, 3.63) is 33.3 Å². The zero-order valence-corrected chi connectivity index (χ0v) is 13.1. The molecule has 0 atom stereocenters. The number of carboxylic acids is 1. The van der Waals surface area contributed by atoms with Gasteiger partial charge in [-0.2, -0.15) is 0 Å². The second kappa shape index (κ2) is 5.09. The number of fused-ring (bicyclic) bond motifs is 1. The van der Waals surface area contributed by atoms with Crippen LogP contribution >= 0.6 is 15.9 Å². The second-order valence-corrected chi connectivity index (χ2v) is 6.58. The summed E-state index contributed by atoms with van der Waals surface area (Å²) in [7, 11) is 0. The highest BCUT2D eigenvalue weighted by Gasteiger charge is 2.28. The highest BCUT2D eigenvalue weighted by molar-refractivity contribution is 9.10. The monoisotopic (exact) mass is 340 g/mol. The fraction of sp³-hybridized carbons (Fsp3) is 0.429. The van der Waals surface area contributed by atoms with Gasteiger partial charge in [0.25, 0.3) is 0 Å². The molecule has 6 heteroatoms. The maximum absolute atomic E-state index is 12.0. The van der Waals surface area contributed by atoms with Crippen molar-refractivity contribution in [2.45, 2.75) is 39.5 Å². The average molecular weight is 341 g/mol. The van der Waals surface area contributed by atoms with Crippen LogP contribution in [0.2, 0.25) is 0 Å². The highest BCUT2D eigenvalue weighted by atomic mass is 79.9. The summed E-state index contributed by atoms with van der Waals surface area (Å²) >= 11 is 3.20. The summed E-state index contributed by atoms with van der Waals surface area (Å²) in [4.78, 5) is 24.5. The van der Waals surface area contributed by atoms with E-state index in [-0.39, 0.29) is 5.56 Å². The average Bonchev–Trinajstić information content (AvgIpc) is 2.68. The summed E-state index contributed by atoms with van der Waals surface area (Å²) in [5.41, 5.74) is 1.25. The molecular formula is C14H15BrNO4-. The van der Waals surface area contributed by atoms with Crippen LogP contribution in [0, 0.1) is 0 Å². The van der Waals surface area contributed by atoms with Gasteiger partial charge in [-0.15, -0.1) is 0 Å². The van der Waals surface area contributed by atoms with Gasteiger partial charge in [0.05, 0.1) is 5.97 Å². The van der Waals surface area contributed by atoms with Gasteiger partial charge in [-0.3, -0.25) is 4.90 Å². The van der Waals surface area contributed by atoms with Crippen molar-refractivity contribution < 1.29 is 19.4 Å². The molecule has 5 nitrogen and oxygen atoms in total. The lowest BCUT2D eigenvalue weighted by Crippen LogP contribution is -2.33. The Morgan fingerprint density at radius 1 is 1.25 bits per heavy atom. The number of ether oxygens (including phenoxy) is 1. The van der Waals surface area contributed by atoms with E-state index in [1.165, 1.54) is 0 Å². The lowest BCUT2D eigenvalue weighted by Gasteiger charge is -2.24. The van der Waals surface area contributed by atoms with Crippen molar-refractivity contribution in [1.29, 1.82) is 0 Å². The third-order valence-electron chi connectivity index (χ3n) is 2.88. The van der Waals surface area contributed by atoms with Crippen LogP contribution in [0.3, 0.4) is 0 Å². The van der Waals surface area contributed by atoms with Crippen LogP contribution in [-0.2, 0) is 17.8 Å². The van der Waals surface area contributed by atoms with E-state index in [0.717, 1.165) is 11.1 Å². The molecule has 1 heterocycles. The van der Waals surface area contributed by atoms with E-state index in [9.17, 15) is 14.7 Å². The standard InChI is InChI=1S/C14H16BrNO4/c1-14(2,3)20-13(19)16-6-8-4-10(12(17)18)11(15)5-9(8)7-16/h4-5H,6-7H2,1-3H3,(H,17,18)/p-1. The van der Waals surface area contributed by atoms with Gasteiger partial charge < -0.3 is 14.6 Å². The fourth-order valence-electron chi connectivity index (χ4n) is 2.03. The zero-order chi connectivity index (χ0) is 15.1. The number of hydrogen-bond donors (Lipinski definition) is 0. The van der Waals surface area contributed by atoms with Crippen molar-refractivity contribution in [2.75, 3.05) is 0 Å². The zero-order valence-electron chi connectivity index (χ0n) is 11.5. The lowest BCUT2D eigenvalue weighted by atomic mass is 10.1. The van der Waals surface area contributed by atoms with Gasteiger partial charge in [0.15, 0.2) is 0 Å². The third-order valence-corrected chi connectivity index (χ3v) is 3.54. The first-order valence-corrected chi connectivity index (χ1v) is 6.97. The lowest BCUT2D eigenvalue weighted by molar-refractivity contribution is -0.255. The topological polar surface area (TPSA) is 69.7 Å². The summed E-state index contributed by atoms with van der Waals surface area (Å²) in [6.07, 6.45) is -0.403. The van der Waals surface area contributed by atoms with Gasteiger partial charge in [-0.25, -0.2) is 4.79 Å². The number of carbonyl (C=O) groups excluding carboxylic acids is 2. The van der Waals surface area contributed by atoms with Gasteiger partial charge in [0.2, 0.25) is 0 Å². The van der Waals surface area contributed by atoms with Gasteiger partial charge >= 0.3 is 6.09 Å². The van der Waals surface area contributed by atoms with Crippen LogP contribution in [0.1, 0.15) is 42.3 Å². The van der Waals surface area contributed by atoms with E-state index in [1.54, 1.807) is 37.8 Å². The smallest absolute Gasteiger partial charge is 0.410 e. The molecule has 20 heavy (non-hydrogen) atoms. The minimum absolute atomic E-state index is 0.0924. The number of amides is 1. The molecule has 0 bridgehead atoms. The van der Waals surface area contributed by atoms with Gasteiger partial charge in [0.1, 0.15) is 5.60 Å². The molecule has 2 rings (SSSR count). The van der Waals surface area contributed by atoms with Crippen LogP contribution in [0.25, 0.3) is 0 Å². The maximum atomic E-state index is 12.0. The van der Waals surface area contributed by atoms with Crippen LogP contribution in [0.5, 0.6) is 0 Å². The molecule has 0 N–H and O–H groups in total. The van der Waals surface area contributed by atoms with E-state index >= 15 is 0 Å². The van der Waals surface area contributed by atoms with Crippen LogP contribution in [0.4, 0.5) is 4.79 Å². The molecule has 0 unspecified atom stereocenters. The Morgan fingerprint density at radius 2 is 1.80 bits per heavy atom. The molecule has 0 aromatic heterocycles. The number of halogens is 1. The van der Waals surface area contributed by atoms with Crippen LogP contribution < -0.4 is 5.11 Å². The number of hydrogen-bond acceptors (Lipinski definition) is 4. The molecule has 0 fully saturated rings. The number of aromatic carboxylic acids is 1. The SMILES string of the molecule is CC(C)(C)OC(=O)N1Cc2cc(Br)c(C(=O)[O-])cc2C1. The largest absolute Gasteiger partial charge is 0.545 e. The molecule has 0 saturated heterocycles. The summed E-state index contributed by atoms with van der Waals surface area (Å²) in [6.45, 7) is 6.17. The third kappa shape index (κ3) is 3.12. The molecule has 1 aromatic carbocycles. The van der Waals surface area contributed by atoms with Crippen molar-refractivity contribution in [1.82, 2.24) is 4.90 Å². The number of rotatable bonds is 1. The summed E-state index contributed by atoms with van der Waals surface area (Å²) in [6, 6.07) is 3.25. The molecule has 1 aromatic rings. The summed E-state index contributed by atoms with van der Waals surface area (Å²) in [5, 5.41) is 11.0. The van der Waals surface area contributed by atoms with Gasteiger partial charge in [-0.1, -0.05) is 15.9 Å². The normalized spacial score (nSPS) is 14.1. The van der Waals surface area contributed by atoms with Crippen molar-refractivity contribution in [3.8, 4) is 0 Å². The molecule has 1 aliphatic heterocycles. The Labute approximate surface area is 125 Å². The van der Waals surface area contributed by atoms with Crippen molar-refractivity contribution >= 4 is 28.0 Å². The van der Waals surface area contributed by atoms with Gasteiger partial charge in [0, 0.05) is 23.1 Å². The maximum Gasteiger partial charge on any atom is 0.410 e. The second-order valence-electron chi connectivity index (χ2n) is 5.72. The molecule has 1 amide bonds. The number of carbonyl (C=O) groups is 2. The quantitative estimate of drug-likeness (QED) is 0.784. The minimum Gasteiger partial charge on any atom is -0.545 e. The predicted molar refractivity (Wildman–Crippen MR) is 74.0 cm³/mol. The molecule has 0 radical (unpaired) electrons. The van der Waals surface area contributed by atoms with Crippen LogP contribution in [0.15, 0.2) is 16.6 Å². The van der Waals surface area contributed by atoms with E-state index in [2.05, 4.69) is 15.9 Å². The fourth-order valence-corrected chi connectivity index (χ4v) is 2.59. The van der Waals surface area contributed by atoms with Gasteiger partial charge in [-0.05, 0) is 44.0 Å². The molecule has 1 aliphatic rings. The first-order chi connectivity index (χ1) is 9.17. The van der Waals surface area contributed by atoms with E-state index in [0.29, 0.717) is 17.6 Å².